The quantitative estimate of drug-likeness (QED) is 0.211. The molecule has 172 valence electrons. The van der Waals surface area contributed by atoms with Crippen LogP contribution in [0.5, 0.6) is 5.75 Å². The zero-order chi connectivity index (χ0) is 24.2. The lowest BCUT2D eigenvalue weighted by Gasteiger charge is -2.10. The number of hydrazone groups is 1. The van der Waals surface area contributed by atoms with Crippen molar-refractivity contribution in [2.24, 2.45) is 5.10 Å². The summed E-state index contributed by atoms with van der Waals surface area (Å²) in [4.78, 5) is 14.4. The van der Waals surface area contributed by atoms with Crippen LogP contribution in [0.25, 0.3) is 0 Å². The van der Waals surface area contributed by atoms with Crippen LogP contribution in [0.2, 0.25) is 5.02 Å². The van der Waals surface area contributed by atoms with Gasteiger partial charge in [-0.25, -0.2) is 8.42 Å². The summed E-state index contributed by atoms with van der Waals surface area (Å²) in [6.45, 7) is 1.15. The van der Waals surface area contributed by atoms with Crippen molar-refractivity contribution in [2.45, 2.75) is 18.4 Å². The summed E-state index contributed by atoms with van der Waals surface area (Å²) < 4.78 is 27.6. The van der Waals surface area contributed by atoms with E-state index in [1.807, 2.05) is 0 Å². The molecule has 0 atom stereocenters. The number of nitrogens with one attached hydrogen (secondary N) is 2. The molecule has 13 heteroatoms. The average Bonchev–Trinajstić information content (AvgIpc) is 2.78. The number of benzene rings is 2. The van der Waals surface area contributed by atoms with Crippen LogP contribution >= 0.6 is 11.6 Å². The Labute approximate surface area is 193 Å². The number of aromatic nitrogens is 1. The molecule has 1 heterocycles. The number of aromatic hydroxyl groups is 1. The smallest absolute Gasteiger partial charge is 0.295 e. The first kappa shape index (κ1) is 23.9. The predicted octanol–water partition coefficient (Wildman–Crippen LogP) is 3.40. The monoisotopic (exact) mass is 491 g/mol. The zero-order valence-electron chi connectivity index (χ0n) is 17.1. The lowest BCUT2D eigenvalue weighted by molar-refractivity contribution is -0.384. The van der Waals surface area contributed by atoms with E-state index in [2.05, 4.69) is 20.2 Å². The Hall–Kier alpha value is -3.74. The summed E-state index contributed by atoms with van der Waals surface area (Å²) in [6.07, 6.45) is 2.54. The van der Waals surface area contributed by atoms with Crippen LogP contribution in [0.15, 0.2) is 58.7 Å². The Morgan fingerprint density at radius 1 is 1.24 bits per heavy atom. The van der Waals surface area contributed by atoms with Gasteiger partial charge in [0.2, 0.25) is 0 Å². The van der Waals surface area contributed by atoms with E-state index >= 15 is 0 Å². The second-order valence-corrected chi connectivity index (χ2v) is 8.83. The minimum atomic E-state index is -4.11. The predicted molar refractivity (Wildman–Crippen MR) is 123 cm³/mol. The third kappa shape index (κ3) is 5.55. The number of anilines is 2. The number of aliphatic hydroxyl groups excluding tert-OH is 1. The van der Waals surface area contributed by atoms with Crippen LogP contribution in [0.3, 0.4) is 0 Å². The highest BCUT2D eigenvalue weighted by atomic mass is 35.5. The van der Waals surface area contributed by atoms with Gasteiger partial charge in [-0.15, -0.1) is 0 Å². The Morgan fingerprint density at radius 2 is 1.94 bits per heavy atom. The van der Waals surface area contributed by atoms with Crippen molar-refractivity contribution in [1.82, 2.24) is 4.98 Å². The van der Waals surface area contributed by atoms with E-state index in [9.17, 15) is 28.7 Å². The van der Waals surface area contributed by atoms with Crippen LogP contribution < -0.4 is 10.1 Å². The van der Waals surface area contributed by atoms with Gasteiger partial charge in [0, 0.05) is 34.1 Å². The second kappa shape index (κ2) is 9.81. The van der Waals surface area contributed by atoms with Crippen molar-refractivity contribution >= 4 is 44.9 Å². The molecule has 0 amide bonds. The molecule has 33 heavy (non-hydrogen) atoms. The SMILES string of the molecule is Cc1ncc(CO)c(/C=N\Nc2ccc(S(=O)(=O)Nc3ccc(Cl)cc3)cc2[N+](=O)[O-])c1O. The van der Waals surface area contributed by atoms with Crippen molar-refractivity contribution in [3.05, 3.63) is 80.6 Å². The van der Waals surface area contributed by atoms with Crippen molar-refractivity contribution in [3.63, 3.8) is 0 Å². The molecule has 0 fully saturated rings. The molecule has 0 spiro atoms. The van der Waals surface area contributed by atoms with Gasteiger partial charge in [0.15, 0.2) is 0 Å². The number of nitrogens with zero attached hydrogens (tertiary/aromatic N) is 3. The molecule has 4 N–H and O–H groups in total. The van der Waals surface area contributed by atoms with E-state index in [-0.39, 0.29) is 27.6 Å². The zero-order valence-corrected chi connectivity index (χ0v) is 18.6. The van der Waals surface area contributed by atoms with Gasteiger partial charge in [-0.2, -0.15) is 5.10 Å². The molecular formula is C20H18ClN5O6S. The van der Waals surface area contributed by atoms with Crippen molar-refractivity contribution in [1.29, 1.82) is 0 Å². The fraction of sp³-hybridized carbons (Fsp3) is 0.100. The van der Waals surface area contributed by atoms with Gasteiger partial charge in [-0.05, 0) is 43.3 Å². The summed E-state index contributed by atoms with van der Waals surface area (Å²) in [5.41, 5.74) is 2.87. The summed E-state index contributed by atoms with van der Waals surface area (Å²) in [5.74, 6) is -0.198. The number of halogens is 1. The first-order valence-electron chi connectivity index (χ1n) is 9.26. The highest BCUT2D eigenvalue weighted by Crippen LogP contribution is 2.29. The minimum Gasteiger partial charge on any atom is -0.505 e. The van der Waals surface area contributed by atoms with Crippen LogP contribution in [-0.2, 0) is 16.6 Å². The first-order chi connectivity index (χ1) is 15.6. The maximum absolute atomic E-state index is 12.6. The molecule has 0 bridgehead atoms. The van der Waals surface area contributed by atoms with Gasteiger partial charge < -0.3 is 10.2 Å². The van der Waals surface area contributed by atoms with Crippen molar-refractivity contribution in [2.75, 3.05) is 10.1 Å². The molecular weight excluding hydrogens is 474 g/mol. The molecule has 3 aromatic rings. The van der Waals surface area contributed by atoms with Crippen LogP contribution in [0.4, 0.5) is 17.1 Å². The average molecular weight is 492 g/mol. The third-order valence-electron chi connectivity index (χ3n) is 4.48. The number of sulfonamides is 1. The number of pyridine rings is 1. The topological polar surface area (TPSA) is 167 Å². The molecule has 0 aliphatic heterocycles. The van der Waals surface area contributed by atoms with E-state index in [1.54, 1.807) is 6.92 Å². The maximum atomic E-state index is 12.6. The van der Waals surface area contributed by atoms with Crippen LogP contribution in [0, 0.1) is 17.0 Å². The summed E-state index contributed by atoms with van der Waals surface area (Å²) in [7, 11) is -4.11. The van der Waals surface area contributed by atoms with E-state index in [1.165, 1.54) is 48.8 Å². The number of nitro groups is 1. The van der Waals surface area contributed by atoms with Gasteiger partial charge in [0.25, 0.3) is 15.7 Å². The van der Waals surface area contributed by atoms with E-state index in [0.717, 1.165) is 6.07 Å². The van der Waals surface area contributed by atoms with Crippen LogP contribution in [-0.4, -0.2) is 34.8 Å². The number of aliphatic hydroxyl groups is 1. The van der Waals surface area contributed by atoms with Crippen molar-refractivity contribution < 1.29 is 23.6 Å². The standard InChI is InChI=1S/C20H18ClN5O6S/c1-12-20(28)17(13(11-27)9-22-12)10-23-24-18-7-6-16(8-19(18)26(29)30)33(31,32)25-15-4-2-14(21)3-5-15/h2-10,24-25,27-28H,11H2,1H3/b23-10-. The minimum absolute atomic E-state index is 0.0856. The normalized spacial score (nSPS) is 11.5. The Kier molecular flexibility index (Phi) is 7.11. The molecule has 0 saturated heterocycles. The Morgan fingerprint density at radius 3 is 2.58 bits per heavy atom. The number of rotatable bonds is 8. The van der Waals surface area contributed by atoms with Gasteiger partial charge in [-0.1, -0.05) is 11.6 Å². The Balaban J connectivity index is 1.88. The third-order valence-corrected chi connectivity index (χ3v) is 6.11. The Bertz CT molecular complexity index is 1330. The molecule has 11 nitrogen and oxygen atoms in total. The molecule has 0 unspecified atom stereocenters. The summed E-state index contributed by atoms with van der Waals surface area (Å²) >= 11 is 5.79. The fourth-order valence-electron chi connectivity index (χ4n) is 2.75. The van der Waals surface area contributed by atoms with Gasteiger partial charge in [-0.3, -0.25) is 25.2 Å². The lowest BCUT2D eigenvalue weighted by atomic mass is 10.1. The first-order valence-corrected chi connectivity index (χ1v) is 11.1. The number of hydrogen-bond donors (Lipinski definition) is 4. The molecule has 1 aromatic heterocycles. The number of nitro benzene ring substituents is 1. The van der Waals surface area contributed by atoms with Gasteiger partial charge in [0.05, 0.1) is 28.3 Å². The number of aryl methyl sites for hydroxylation is 1. The molecule has 0 radical (unpaired) electrons. The number of hydrogen-bond acceptors (Lipinski definition) is 9. The highest BCUT2D eigenvalue weighted by molar-refractivity contribution is 7.92. The molecule has 0 saturated carbocycles. The van der Waals surface area contributed by atoms with E-state index in [0.29, 0.717) is 16.3 Å². The fourth-order valence-corrected chi connectivity index (χ4v) is 3.95. The van der Waals surface area contributed by atoms with Gasteiger partial charge >= 0.3 is 0 Å². The molecule has 3 rings (SSSR count). The molecule has 0 aliphatic rings. The van der Waals surface area contributed by atoms with E-state index in [4.69, 9.17) is 11.6 Å². The van der Waals surface area contributed by atoms with Gasteiger partial charge in [0.1, 0.15) is 11.4 Å². The second-order valence-electron chi connectivity index (χ2n) is 6.71. The maximum Gasteiger partial charge on any atom is 0.295 e. The summed E-state index contributed by atoms with van der Waals surface area (Å²) in [5, 5.41) is 35.4. The largest absolute Gasteiger partial charge is 0.505 e. The lowest BCUT2D eigenvalue weighted by Crippen LogP contribution is -2.13. The van der Waals surface area contributed by atoms with E-state index < -0.39 is 27.2 Å². The van der Waals surface area contributed by atoms with Crippen molar-refractivity contribution in [3.8, 4) is 5.75 Å². The molecule has 0 aliphatic carbocycles. The molecule has 2 aromatic carbocycles. The highest BCUT2D eigenvalue weighted by Gasteiger charge is 2.22. The van der Waals surface area contributed by atoms with Crippen LogP contribution in [0.1, 0.15) is 16.8 Å². The summed E-state index contributed by atoms with van der Waals surface area (Å²) in [6, 6.07) is 9.16.